The molecule has 0 spiro atoms. The fourth-order valence-electron chi connectivity index (χ4n) is 3.67. The average Bonchev–Trinajstić information content (AvgIpc) is 2.89. The highest BCUT2D eigenvalue weighted by Crippen LogP contribution is 2.33. The number of ether oxygens (including phenoxy) is 3. The van der Waals surface area contributed by atoms with Crippen LogP contribution in [0.15, 0.2) is 78.9 Å². The molecule has 0 saturated heterocycles. The average molecular weight is 479 g/mol. The molecule has 0 aliphatic carbocycles. The van der Waals surface area contributed by atoms with Crippen LogP contribution in [0.25, 0.3) is 22.3 Å². The van der Waals surface area contributed by atoms with Gasteiger partial charge >= 0.3 is 0 Å². The van der Waals surface area contributed by atoms with E-state index in [0.29, 0.717) is 40.4 Å². The minimum atomic E-state index is -0.922. The van der Waals surface area contributed by atoms with Gasteiger partial charge in [0.15, 0.2) is 11.6 Å². The van der Waals surface area contributed by atoms with E-state index in [4.69, 9.17) is 14.2 Å². The summed E-state index contributed by atoms with van der Waals surface area (Å²) >= 11 is 0. The fourth-order valence-corrected chi connectivity index (χ4v) is 3.67. The van der Waals surface area contributed by atoms with Gasteiger partial charge in [-0.05, 0) is 53.9 Å². The van der Waals surface area contributed by atoms with Crippen molar-refractivity contribution in [3.63, 3.8) is 0 Å². The molecule has 0 N–H and O–H groups in total. The lowest BCUT2D eigenvalue weighted by atomic mass is 9.98. The largest absolute Gasteiger partial charge is 0.497 e. The zero-order chi connectivity index (χ0) is 24.8. The topological polar surface area (TPSA) is 27.7 Å². The normalized spacial score (nSPS) is 10.9. The van der Waals surface area contributed by atoms with Gasteiger partial charge in [-0.15, -0.1) is 0 Å². The standard InChI is InChI=1S/C29H25F3O3/c1-3-34-18-22-5-4-19(16-27(22)30)17-35-24-12-8-21(9-13-24)26-15-14-25(28(31)29(26)32)20-6-10-23(33-2)11-7-20/h4-16H,3,17-18H2,1-2H3. The lowest BCUT2D eigenvalue weighted by molar-refractivity contribution is 0.131. The molecule has 0 atom stereocenters. The van der Waals surface area contributed by atoms with Crippen LogP contribution >= 0.6 is 0 Å². The highest BCUT2D eigenvalue weighted by molar-refractivity contribution is 5.72. The van der Waals surface area contributed by atoms with E-state index in [1.807, 2.05) is 6.92 Å². The van der Waals surface area contributed by atoms with Crippen molar-refractivity contribution >= 4 is 0 Å². The van der Waals surface area contributed by atoms with E-state index >= 15 is 0 Å². The molecule has 0 bridgehead atoms. The van der Waals surface area contributed by atoms with E-state index in [1.165, 1.54) is 6.07 Å². The van der Waals surface area contributed by atoms with Gasteiger partial charge in [0.1, 0.15) is 23.9 Å². The van der Waals surface area contributed by atoms with E-state index in [0.717, 1.165) is 0 Å². The van der Waals surface area contributed by atoms with Gasteiger partial charge < -0.3 is 14.2 Å². The Bertz CT molecular complexity index is 1290. The molecule has 0 aliphatic heterocycles. The second-order valence-electron chi connectivity index (χ2n) is 7.89. The molecule has 0 saturated carbocycles. The maximum Gasteiger partial charge on any atom is 0.167 e. The van der Waals surface area contributed by atoms with Gasteiger partial charge in [0, 0.05) is 23.3 Å². The summed E-state index contributed by atoms with van der Waals surface area (Å²) in [4.78, 5) is 0. The molecule has 0 fully saturated rings. The second-order valence-corrected chi connectivity index (χ2v) is 7.89. The Labute approximate surface area is 202 Å². The molecule has 35 heavy (non-hydrogen) atoms. The summed E-state index contributed by atoms with van der Waals surface area (Å²) in [5.74, 6) is -1.01. The lowest BCUT2D eigenvalue weighted by Crippen LogP contribution is -2.00. The van der Waals surface area contributed by atoms with Crippen molar-refractivity contribution in [2.24, 2.45) is 0 Å². The molecule has 6 heteroatoms. The molecular weight excluding hydrogens is 453 g/mol. The van der Waals surface area contributed by atoms with Crippen molar-refractivity contribution in [1.29, 1.82) is 0 Å². The molecule has 0 unspecified atom stereocenters. The summed E-state index contributed by atoms with van der Waals surface area (Å²) in [6, 6.07) is 21.4. The van der Waals surface area contributed by atoms with Crippen molar-refractivity contribution in [1.82, 2.24) is 0 Å². The van der Waals surface area contributed by atoms with Crippen LogP contribution in [0.5, 0.6) is 11.5 Å². The maximum atomic E-state index is 14.9. The van der Waals surface area contributed by atoms with Crippen LogP contribution in [-0.4, -0.2) is 13.7 Å². The van der Waals surface area contributed by atoms with Gasteiger partial charge in [-0.1, -0.05) is 48.5 Å². The van der Waals surface area contributed by atoms with Crippen LogP contribution in [0.2, 0.25) is 0 Å². The molecule has 0 aliphatic rings. The molecule has 0 amide bonds. The molecule has 4 rings (SSSR count). The first kappa shape index (κ1) is 24.4. The number of halogens is 3. The number of hydrogen-bond acceptors (Lipinski definition) is 3. The number of rotatable bonds is 9. The Morgan fingerprint density at radius 3 is 1.74 bits per heavy atom. The second kappa shape index (κ2) is 11.1. The van der Waals surface area contributed by atoms with Crippen LogP contribution in [0.3, 0.4) is 0 Å². The number of benzene rings is 4. The summed E-state index contributed by atoms with van der Waals surface area (Å²) in [5, 5.41) is 0. The van der Waals surface area contributed by atoms with Crippen LogP contribution < -0.4 is 9.47 Å². The first-order chi connectivity index (χ1) is 17.0. The van der Waals surface area contributed by atoms with Crippen LogP contribution in [0.1, 0.15) is 18.1 Å². The molecule has 4 aromatic rings. The Balaban J connectivity index is 1.45. The molecule has 3 nitrogen and oxygen atoms in total. The highest BCUT2D eigenvalue weighted by Gasteiger charge is 2.16. The Morgan fingerprint density at radius 1 is 0.657 bits per heavy atom. The predicted molar refractivity (Wildman–Crippen MR) is 130 cm³/mol. The molecule has 180 valence electrons. The van der Waals surface area contributed by atoms with E-state index in [1.54, 1.807) is 79.9 Å². The zero-order valence-corrected chi connectivity index (χ0v) is 19.5. The maximum absolute atomic E-state index is 14.9. The summed E-state index contributed by atoms with van der Waals surface area (Å²) in [6.45, 7) is 2.77. The Kier molecular flexibility index (Phi) is 7.73. The van der Waals surface area contributed by atoms with Crippen LogP contribution in [0.4, 0.5) is 13.2 Å². The molecular formula is C29H25F3O3. The van der Waals surface area contributed by atoms with E-state index in [9.17, 15) is 13.2 Å². The van der Waals surface area contributed by atoms with E-state index < -0.39 is 11.6 Å². The van der Waals surface area contributed by atoms with Gasteiger partial charge in [0.05, 0.1) is 13.7 Å². The SMILES string of the molecule is CCOCc1ccc(COc2ccc(-c3ccc(-c4ccc(OC)cc4)c(F)c3F)cc2)cc1F. The summed E-state index contributed by atoms with van der Waals surface area (Å²) < 4.78 is 60.0. The molecule has 4 aromatic carbocycles. The predicted octanol–water partition coefficient (Wildman–Crippen LogP) is 7.56. The highest BCUT2D eigenvalue weighted by atomic mass is 19.2. The van der Waals surface area contributed by atoms with Gasteiger partial charge in [0.2, 0.25) is 0 Å². The number of methoxy groups -OCH3 is 1. The summed E-state index contributed by atoms with van der Waals surface area (Å²) in [5.41, 5.74) is 2.56. The first-order valence-corrected chi connectivity index (χ1v) is 11.2. The first-order valence-electron chi connectivity index (χ1n) is 11.2. The quantitative estimate of drug-likeness (QED) is 0.248. The summed E-state index contributed by atoms with van der Waals surface area (Å²) in [6.07, 6.45) is 0. The van der Waals surface area contributed by atoms with Crippen molar-refractivity contribution in [2.75, 3.05) is 13.7 Å². The molecule has 0 heterocycles. The van der Waals surface area contributed by atoms with Gasteiger partial charge in [0.25, 0.3) is 0 Å². The minimum Gasteiger partial charge on any atom is -0.497 e. The number of hydrogen-bond donors (Lipinski definition) is 0. The van der Waals surface area contributed by atoms with Gasteiger partial charge in [-0.25, -0.2) is 13.2 Å². The lowest BCUT2D eigenvalue weighted by Gasteiger charge is -2.11. The van der Waals surface area contributed by atoms with Crippen molar-refractivity contribution in [2.45, 2.75) is 20.1 Å². The third-order valence-corrected chi connectivity index (χ3v) is 5.63. The van der Waals surface area contributed by atoms with Crippen molar-refractivity contribution in [3.05, 3.63) is 107 Å². The third-order valence-electron chi connectivity index (χ3n) is 5.63. The monoisotopic (exact) mass is 478 g/mol. The Hall–Kier alpha value is -3.77. The van der Waals surface area contributed by atoms with Crippen LogP contribution in [-0.2, 0) is 18.0 Å². The van der Waals surface area contributed by atoms with Gasteiger partial charge in [-0.2, -0.15) is 0 Å². The third kappa shape index (κ3) is 5.66. The van der Waals surface area contributed by atoms with Crippen molar-refractivity contribution in [3.8, 4) is 33.8 Å². The molecule has 0 aromatic heterocycles. The zero-order valence-electron chi connectivity index (χ0n) is 19.5. The van der Waals surface area contributed by atoms with Crippen molar-refractivity contribution < 1.29 is 27.4 Å². The summed E-state index contributed by atoms with van der Waals surface area (Å²) in [7, 11) is 1.54. The minimum absolute atomic E-state index is 0.151. The van der Waals surface area contributed by atoms with E-state index in [2.05, 4.69) is 0 Å². The fraction of sp³-hybridized carbons (Fsp3) is 0.172. The van der Waals surface area contributed by atoms with Gasteiger partial charge in [-0.3, -0.25) is 0 Å². The van der Waals surface area contributed by atoms with E-state index in [-0.39, 0.29) is 30.2 Å². The van der Waals surface area contributed by atoms with Crippen LogP contribution in [0, 0.1) is 17.5 Å². The Morgan fingerprint density at radius 2 is 1.23 bits per heavy atom. The molecule has 0 radical (unpaired) electrons. The smallest absolute Gasteiger partial charge is 0.167 e.